The third-order valence-electron chi connectivity index (χ3n) is 3.54. The van der Waals surface area contributed by atoms with E-state index in [1.807, 2.05) is 28.8 Å². The van der Waals surface area contributed by atoms with E-state index in [1.54, 1.807) is 19.2 Å². The molecule has 0 saturated carbocycles. The summed E-state index contributed by atoms with van der Waals surface area (Å²) in [6, 6.07) is 10.7. The minimum atomic E-state index is -0.326. The molecule has 0 aliphatic heterocycles. The molecular weight excluding hydrogens is 388 g/mol. The second-order valence-electron chi connectivity index (χ2n) is 5.40. The number of methoxy groups -OCH3 is 1. The fourth-order valence-electron chi connectivity index (χ4n) is 2.30. The van der Waals surface area contributed by atoms with Crippen molar-refractivity contribution in [2.75, 3.05) is 12.9 Å². The maximum atomic E-state index is 12.1. The molecule has 0 bridgehead atoms. The van der Waals surface area contributed by atoms with Gasteiger partial charge in [-0.25, -0.2) is 0 Å². The van der Waals surface area contributed by atoms with Gasteiger partial charge < -0.3 is 14.5 Å². The molecule has 3 aromatic rings. The van der Waals surface area contributed by atoms with E-state index in [0.717, 1.165) is 11.4 Å². The molecule has 0 aliphatic carbocycles. The number of hydrogen-bond acceptors (Lipinski definition) is 6. The average molecular weight is 405 g/mol. The number of thioether (sulfide) groups is 1. The van der Waals surface area contributed by atoms with Gasteiger partial charge in [-0.2, -0.15) is 0 Å². The van der Waals surface area contributed by atoms with Crippen LogP contribution in [0.4, 0.5) is 0 Å². The van der Waals surface area contributed by atoms with Crippen molar-refractivity contribution in [1.29, 1.82) is 0 Å². The van der Waals surface area contributed by atoms with E-state index in [9.17, 15) is 4.79 Å². The van der Waals surface area contributed by atoms with Crippen LogP contribution in [-0.4, -0.2) is 33.5 Å². The number of rotatable bonds is 8. The first-order valence-corrected chi connectivity index (χ1v) is 9.31. The number of furan rings is 1. The molecule has 3 rings (SSSR count). The van der Waals surface area contributed by atoms with E-state index in [1.165, 1.54) is 18.0 Å². The topological polar surface area (TPSA) is 82.2 Å². The zero-order valence-corrected chi connectivity index (χ0v) is 16.1. The molecular formula is C18H17ClN4O3S. The zero-order chi connectivity index (χ0) is 19.2. The number of carbonyl (C=O) groups excluding carboxylic acids is 1. The Kier molecular flexibility index (Phi) is 6.20. The molecule has 7 nitrogen and oxygen atoms in total. The van der Waals surface area contributed by atoms with E-state index in [-0.39, 0.29) is 18.2 Å². The summed E-state index contributed by atoms with van der Waals surface area (Å²) in [5.41, 5.74) is 0.839. The van der Waals surface area contributed by atoms with Crippen LogP contribution >= 0.6 is 23.4 Å². The molecule has 140 valence electrons. The molecule has 0 unspecified atom stereocenters. The summed E-state index contributed by atoms with van der Waals surface area (Å²) in [6.45, 7) is 3.87. The SMILES string of the molecule is C=C(Cl)CSc1nnc(CNC(=O)c2ccco2)n1-c1ccc(OC)cc1. The Morgan fingerprint density at radius 3 is 2.74 bits per heavy atom. The fraction of sp³-hybridized carbons (Fsp3) is 0.167. The lowest BCUT2D eigenvalue weighted by Crippen LogP contribution is -2.24. The van der Waals surface area contributed by atoms with Crippen LogP contribution in [0.1, 0.15) is 16.4 Å². The van der Waals surface area contributed by atoms with Crippen LogP contribution in [0.15, 0.2) is 63.8 Å². The highest BCUT2D eigenvalue weighted by Crippen LogP contribution is 2.25. The number of amides is 1. The molecule has 2 heterocycles. The maximum absolute atomic E-state index is 12.1. The van der Waals surface area contributed by atoms with Crippen LogP contribution in [0, 0.1) is 0 Å². The highest BCUT2D eigenvalue weighted by Gasteiger charge is 2.16. The second kappa shape index (κ2) is 8.79. The molecule has 2 aromatic heterocycles. The van der Waals surface area contributed by atoms with Gasteiger partial charge in [0, 0.05) is 16.5 Å². The summed E-state index contributed by atoms with van der Waals surface area (Å²) in [7, 11) is 1.61. The number of ether oxygens (including phenoxy) is 1. The molecule has 1 amide bonds. The Labute approximate surface area is 165 Å². The number of benzene rings is 1. The van der Waals surface area contributed by atoms with Crippen molar-refractivity contribution in [3.63, 3.8) is 0 Å². The lowest BCUT2D eigenvalue weighted by Gasteiger charge is -2.11. The predicted molar refractivity (Wildman–Crippen MR) is 104 cm³/mol. The normalized spacial score (nSPS) is 10.6. The minimum absolute atomic E-state index is 0.181. The average Bonchev–Trinajstić information content (AvgIpc) is 3.34. The molecule has 9 heteroatoms. The molecule has 27 heavy (non-hydrogen) atoms. The van der Waals surface area contributed by atoms with E-state index in [4.69, 9.17) is 20.8 Å². The number of hydrogen-bond donors (Lipinski definition) is 1. The van der Waals surface area contributed by atoms with Gasteiger partial charge in [0.05, 0.1) is 19.9 Å². The van der Waals surface area contributed by atoms with E-state index >= 15 is 0 Å². The highest BCUT2D eigenvalue weighted by atomic mass is 35.5. The van der Waals surface area contributed by atoms with E-state index in [0.29, 0.717) is 21.8 Å². The molecule has 0 spiro atoms. The minimum Gasteiger partial charge on any atom is -0.497 e. The first-order valence-electron chi connectivity index (χ1n) is 7.95. The van der Waals surface area contributed by atoms with Crippen molar-refractivity contribution >= 4 is 29.3 Å². The van der Waals surface area contributed by atoms with Gasteiger partial charge in [-0.3, -0.25) is 9.36 Å². The van der Waals surface area contributed by atoms with Crippen molar-refractivity contribution in [3.05, 3.63) is 65.9 Å². The van der Waals surface area contributed by atoms with Crippen LogP contribution in [0.2, 0.25) is 0 Å². The zero-order valence-electron chi connectivity index (χ0n) is 14.5. The van der Waals surface area contributed by atoms with Crippen LogP contribution in [0.25, 0.3) is 5.69 Å². The fourth-order valence-corrected chi connectivity index (χ4v) is 3.18. The van der Waals surface area contributed by atoms with Crippen LogP contribution in [0.5, 0.6) is 5.75 Å². The lowest BCUT2D eigenvalue weighted by molar-refractivity contribution is 0.0922. The number of aromatic nitrogens is 3. The van der Waals surface area contributed by atoms with Gasteiger partial charge in [0.1, 0.15) is 5.75 Å². The van der Waals surface area contributed by atoms with Crippen LogP contribution in [0.3, 0.4) is 0 Å². The Bertz CT molecular complexity index is 923. The highest BCUT2D eigenvalue weighted by molar-refractivity contribution is 7.99. The van der Waals surface area contributed by atoms with Gasteiger partial charge in [-0.1, -0.05) is 29.9 Å². The van der Waals surface area contributed by atoms with Crippen molar-refractivity contribution in [2.45, 2.75) is 11.7 Å². The molecule has 1 aromatic carbocycles. The summed E-state index contributed by atoms with van der Waals surface area (Å²) in [4.78, 5) is 12.1. The van der Waals surface area contributed by atoms with Gasteiger partial charge >= 0.3 is 0 Å². The van der Waals surface area contributed by atoms with Gasteiger partial charge in [0.25, 0.3) is 5.91 Å². The maximum Gasteiger partial charge on any atom is 0.287 e. The van der Waals surface area contributed by atoms with Crippen molar-refractivity contribution in [3.8, 4) is 11.4 Å². The van der Waals surface area contributed by atoms with Gasteiger partial charge in [-0.15, -0.1) is 10.2 Å². The Balaban J connectivity index is 1.85. The summed E-state index contributed by atoms with van der Waals surface area (Å²) < 4.78 is 12.2. The molecule has 0 aliphatic rings. The van der Waals surface area contributed by atoms with E-state index in [2.05, 4.69) is 22.1 Å². The Morgan fingerprint density at radius 2 is 2.11 bits per heavy atom. The third kappa shape index (κ3) is 4.72. The van der Waals surface area contributed by atoms with Gasteiger partial charge in [0.2, 0.25) is 0 Å². The van der Waals surface area contributed by atoms with Gasteiger partial charge in [-0.05, 0) is 36.4 Å². The van der Waals surface area contributed by atoms with Crippen molar-refractivity contribution < 1.29 is 13.9 Å². The van der Waals surface area contributed by atoms with Crippen LogP contribution < -0.4 is 10.1 Å². The molecule has 0 fully saturated rings. The third-order valence-corrected chi connectivity index (χ3v) is 4.85. The number of halogens is 1. The summed E-state index contributed by atoms with van der Waals surface area (Å²) in [5.74, 6) is 1.71. The standard InChI is InChI=1S/C18H17ClN4O3S/c1-12(19)11-27-18-22-21-16(10-20-17(24)15-4-3-9-26-15)23(18)13-5-7-14(25-2)8-6-13/h3-9H,1,10-11H2,2H3,(H,20,24). The smallest absolute Gasteiger partial charge is 0.287 e. The van der Waals surface area contributed by atoms with Crippen molar-refractivity contribution in [1.82, 2.24) is 20.1 Å². The van der Waals surface area contributed by atoms with E-state index < -0.39 is 0 Å². The summed E-state index contributed by atoms with van der Waals surface area (Å²) >= 11 is 7.28. The summed E-state index contributed by atoms with van der Waals surface area (Å²) in [6.07, 6.45) is 1.45. The number of carbonyl (C=O) groups is 1. The van der Waals surface area contributed by atoms with Crippen molar-refractivity contribution in [2.24, 2.45) is 0 Å². The summed E-state index contributed by atoms with van der Waals surface area (Å²) in [5, 5.41) is 12.4. The first-order chi connectivity index (χ1) is 13.1. The first kappa shape index (κ1) is 19.1. The second-order valence-corrected chi connectivity index (χ2v) is 6.88. The molecule has 0 atom stereocenters. The largest absolute Gasteiger partial charge is 0.497 e. The van der Waals surface area contributed by atoms with Crippen LogP contribution in [-0.2, 0) is 6.54 Å². The number of nitrogens with zero attached hydrogens (tertiary/aromatic N) is 3. The Morgan fingerprint density at radius 1 is 1.33 bits per heavy atom. The number of nitrogens with one attached hydrogen (secondary N) is 1. The van der Waals surface area contributed by atoms with Gasteiger partial charge in [0.15, 0.2) is 16.7 Å². The lowest BCUT2D eigenvalue weighted by atomic mass is 10.3. The Hall–Kier alpha value is -2.71. The molecule has 0 radical (unpaired) electrons. The molecule has 1 N–H and O–H groups in total. The monoisotopic (exact) mass is 404 g/mol. The molecule has 0 saturated heterocycles. The quantitative estimate of drug-likeness (QED) is 0.577. The predicted octanol–water partition coefficient (Wildman–Crippen LogP) is 3.64.